The predicted octanol–water partition coefficient (Wildman–Crippen LogP) is 2.09. The summed E-state index contributed by atoms with van der Waals surface area (Å²) in [6.07, 6.45) is 0. The number of nitrogens with zero attached hydrogens (tertiary/aromatic N) is 2. The first-order chi connectivity index (χ1) is 8.86. The van der Waals surface area contributed by atoms with Crippen molar-refractivity contribution in [3.63, 3.8) is 0 Å². The van der Waals surface area contributed by atoms with Crippen molar-refractivity contribution in [1.29, 1.82) is 5.26 Å². The van der Waals surface area contributed by atoms with E-state index in [0.29, 0.717) is 3.57 Å². The van der Waals surface area contributed by atoms with Crippen LogP contribution in [0.15, 0.2) is 24.3 Å². The molecule has 0 fully saturated rings. The average Bonchev–Trinajstić information content (AvgIpc) is 2.35. The molecule has 1 aromatic rings. The van der Waals surface area contributed by atoms with Crippen molar-refractivity contribution in [2.75, 3.05) is 6.61 Å². The third-order valence-electron chi connectivity index (χ3n) is 2.04. The fourth-order valence-electron chi connectivity index (χ4n) is 1.14. The zero-order valence-corrected chi connectivity index (χ0v) is 11.6. The second-order valence-corrected chi connectivity index (χ2v) is 4.53. The third kappa shape index (κ3) is 3.65. The summed E-state index contributed by atoms with van der Waals surface area (Å²) in [7, 11) is 0. The van der Waals surface area contributed by atoms with E-state index in [2.05, 4.69) is 6.58 Å². The van der Waals surface area contributed by atoms with E-state index in [0.717, 1.165) is 6.07 Å². The molecule has 0 aliphatic carbocycles. The molecule has 0 amide bonds. The smallest absolute Gasteiger partial charge is 0.334 e. The fraction of sp³-hybridized carbons (Fsp3) is 0.0909. The number of nitro groups is 1. The van der Waals surface area contributed by atoms with Crippen LogP contribution in [-0.2, 0) is 4.79 Å². The molecule has 0 unspecified atom stereocenters. The van der Waals surface area contributed by atoms with Crippen molar-refractivity contribution in [2.45, 2.75) is 0 Å². The first-order valence-corrected chi connectivity index (χ1v) is 5.86. The highest BCUT2D eigenvalue weighted by atomic mass is 127. The van der Waals surface area contributed by atoms with Gasteiger partial charge in [0.1, 0.15) is 6.61 Å². The first-order valence-electron chi connectivity index (χ1n) is 4.78. The lowest BCUT2D eigenvalue weighted by molar-refractivity contribution is -0.385. The fourth-order valence-corrected chi connectivity index (χ4v) is 1.91. The number of ether oxygens (including phenoxy) is 1. The summed E-state index contributed by atoms with van der Waals surface area (Å²) < 4.78 is 5.46. The minimum atomic E-state index is -1.24. The Morgan fingerprint density at radius 1 is 1.63 bits per heavy atom. The van der Waals surface area contributed by atoms with E-state index in [-0.39, 0.29) is 29.2 Å². The standard InChI is InChI=1S/C11H7IN2O5/c1-6(11(15)16)5-19-10-8(12)2-7(4-13)3-9(10)14(17)18/h2-3H,1,5H2,(H,15,16). The van der Waals surface area contributed by atoms with E-state index in [1.54, 1.807) is 28.7 Å². The van der Waals surface area contributed by atoms with E-state index < -0.39 is 10.9 Å². The highest BCUT2D eigenvalue weighted by molar-refractivity contribution is 14.1. The lowest BCUT2D eigenvalue weighted by Gasteiger charge is -2.08. The molecule has 0 saturated heterocycles. The van der Waals surface area contributed by atoms with E-state index in [1.807, 2.05) is 0 Å². The van der Waals surface area contributed by atoms with Crippen LogP contribution in [-0.4, -0.2) is 22.6 Å². The van der Waals surface area contributed by atoms with Crippen LogP contribution in [0, 0.1) is 25.0 Å². The highest BCUT2D eigenvalue weighted by Crippen LogP contribution is 2.33. The van der Waals surface area contributed by atoms with Gasteiger partial charge >= 0.3 is 11.7 Å². The van der Waals surface area contributed by atoms with Crippen LogP contribution in [0.1, 0.15) is 5.56 Å². The van der Waals surface area contributed by atoms with E-state index in [4.69, 9.17) is 15.1 Å². The van der Waals surface area contributed by atoms with Crippen molar-refractivity contribution in [2.24, 2.45) is 0 Å². The van der Waals surface area contributed by atoms with Gasteiger partial charge in [-0.3, -0.25) is 10.1 Å². The van der Waals surface area contributed by atoms with Crippen molar-refractivity contribution in [3.05, 3.63) is 43.5 Å². The molecule has 19 heavy (non-hydrogen) atoms. The Bertz CT molecular complexity index is 606. The maximum Gasteiger partial charge on any atom is 0.334 e. The SMILES string of the molecule is C=C(COc1c(I)cc(C#N)cc1[N+](=O)[O-])C(=O)O. The van der Waals surface area contributed by atoms with Gasteiger partial charge in [-0.05, 0) is 28.7 Å². The summed E-state index contributed by atoms with van der Waals surface area (Å²) in [6, 6.07) is 4.28. The summed E-state index contributed by atoms with van der Waals surface area (Å²) in [4.78, 5) is 20.8. The monoisotopic (exact) mass is 374 g/mol. The van der Waals surface area contributed by atoms with Crippen LogP contribution >= 0.6 is 22.6 Å². The molecule has 1 aromatic carbocycles. The number of nitriles is 1. The number of carbonyl (C=O) groups is 1. The Kier molecular flexibility index (Phi) is 4.82. The maximum absolute atomic E-state index is 10.9. The molecule has 1 rings (SSSR count). The Labute approximate surface area is 121 Å². The Balaban J connectivity index is 3.13. The summed E-state index contributed by atoms with van der Waals surface area (Å²) in [6.45, 7) is 2.88. The minimum Gasteiger partial charge on any atom is -0.481 e. The number of carboxylic acid groups (broad SMARTS) is 1. The van der Waals surface area contributed by atoms with Crippen LogP contribution < -0.4 is 4.74 Å². The number of halogens is 1. The lowest BCUT2D eigenvalue weighted by Crippen LogP contribution is -2.10. The van der Waals surface area contributed by atoms with Crippen molar-refractivity contribution in [1.82, 2.24) is 0 Å². The molecule has 0 saturated carbocycles. The summed E-state index contributed by atoms with van der Waals surface area (Å²) in [5.41, 5.74) is -0.489. The lowest BCUT2D eigenvalue weighted by atomic mass is 10.2. The zero-order chi connectivity index (χ0) is 14.6. The Morgan fingerprint density at radius 2 is 2.26 bits per heavy atom. The number of benzene rings is 1. The molecular weight excluding hydrogens is 367 g/mol. The number of hydrogen-bond donors (Lipinski definition) is 1. The second kappa shape index (κ2) is 6.14. The molecule has 8 heteroatoms. The molecule has 0 heterocycles. The average molecular weight is 374 g/mol. The van der Waals surface area contributed by atoms with Crippen LogP contribution in [0.25, 0.3) is 0 Å². The molecule has 0 aliphatic rings. The van der Waals surface area contributed by atoms with Gasteiger partial charge < -0.3 is 9.84 Å². The Hall–Kier alpha value is -2.15. The molecule has 0 aliphatic heterocycles. The minimum absolute atomic E-state index is 0.0769. The summed E-state index contributed by atoms with van der Waals surface area (Å²) in [5, 5.41) is 28.3. The molecule has 0 radical (unpaired) electrons. The topological polar surface area (TPSA) is 113 Å². The quantitative estimate of drug-likeness (QED) is 0.365. The summed E-state index contributed by atoms with van der Waals surface area (Å²) >= 11 is 1.77. The number of rotatable bonds is 5. The number of nitro benzene ring substituents is 1. The van der Waals surface area contributed by atoms with Gasteiger partial charge in [-0.15, -0.1) is 0 Å². The largest absolute Gasteiger partial charge is 0.481 e. The Morgan fingerprint density at radius 3 is 2.74 bits per heavy atom. The number of aliphatic carboxylic acids is 1. The van der Waals surface area contributed by atoms with Crippen LogP contribution in [0.4, 0.5) is 5.69 Å². The third-order valence-corrected chi connectivity index (χ3v) is 2.84. The normalized spacial score (nSPS) is 9.47. The van der Waals surface area contributed by atoms with Gasteiger partial charge in [0.05, 0.1) is 25.7 Å². The van der Waals surface area contributed by atoms with Gasteiger partial charge in [-0.1, -0.05) is 6.58 Å². The molecule has 0 bridgehead atoms. The molecule has 0 spiro atoms. The highest BCUT2D eigenvalue weighted by Gasteiger charge is 2.21. The molecule has 98 valence electrons. The van der Waals surface area contributed by atoms with E-state index in [9.17, 15) is 14.9 Å². The van der Waals surface area contributed by atoms with Gasteiger partial charge in [0, 0.05) is 6.07 Å². The molecule has 7 nitrogen and oxygen atoms in total. The number of hydrogen-bond acceptors (Lipinski definition) is 5. The number of carboxylic acids is 1. The van der Waals surface area contributed by atoms with Crippen molar-refractivity contribution >= 4 is 34.2 Å². The molecule has 0 atom stereocenters. The van der Waals surface area contributed by atoms with Gasteiger partial charge in [0.25, 0.3) is 0 Å². The van der Waals surface area contributed by atoms with E-state index >= 15 is 0 Å². The maximum atomic E-state index is 10.9. The van der Waals surface area contributed by atoms with Crippen LogP contribution in [0.2, 0.25) is 0 Å². The van der Waals surface area contributed by atoms with Crippen LogP contribution in [0.5, 0.6) is 5.75 Å². The van der Waals surface area contributed by atoms with Crippen LogP contribution in [0.3, 0.4) is 0 Å². The predicted molar refractivity (Wildman–Crippen MR) is 72.8 cm³/mol. The van der Waals surface area contributed by atoms with Gasteiger partial charge in [0.15, 0.2) is 0 Å². The van der Waals surface area contributed by atoms with Gasteiger partial charge in [-0.2, -0.15) is 5.26 Å². The second-order valence-electron chi connectivity index (χ2n) is 3.37. The molecule has 0 aromatic heterocycles. The first kappa shape index (κ1) is 14.9. The van der Waals surface area contributed by atoms with Crippen molar-refractivity contribution < 1.29 is 19.6 Å². The molecule has 1 N–H and O–H groups in total. The van der Waals surface area contributed by atoms with Crippen molar-refractivity contribution in [3.8, 4) is 11.8 Å². The van der Waals surface area contributed by atoms with E-state index in [1.165, 1.54) is 6.07 Å². The van der Waals surface area contributed by atoms with Gasteiger partial charge in [-0.25, -0.2) is 4.79 Å². The zero-order valence-electron chi connectivity index (χ0n) is 9.42. The van der Waals surface area contributed by atoms with Gasteiger partial charge in [0.2, 0.25) is 5.75 Å². The molecular formula is C11H7IN2O5. The summed E-state index contributed by atoms with van der Waals surface area (Å²) in [5.74, 6) is -1.32.